The summed E-state index contributed by atoms with van der Waals surface area (Å²) in [4.78, 5) is 3.58. The highest BCUT2D eigenvalue weighted by atomic mass is 19.4. The van der Waals surface area contributed by atoms with Crippen LogP contribution in [0.4, 0.5) is 13.2 Å². The summed E-state index contributed by atoms with van der Waals surface area (Å²) in [5, 5.41) is 12.2. The van der Waals surface area contributed by atoms with Crippen LogP contribution >= 0.6 is 0 Å². The Morgan fingerprint density at radius 3 is 2.63 bits per heavy atom. The van der Waals surface area contributed by atoms with Crippen molar-refractivity contribution in [2.45, 2.75) is 12.7 Å². The average Bonchev–Trinajstić information content (AvgIpc) is 2.85. The number of nitrogens with two attached hydrogens (primary N) is 1. The van der Waals surface area contributed by atoms with E-state index >= 15 is 0 Å². The van der Waals surface area contributed by atoms with Gasteiger partial charge in [0.2, 0.25) is 0 Å². The van der Waals surface area contributed by atoms with Crippen molar-refractivity contribution in [1.82, 2.24) is 14.8 Å². The van der Waals surface area contributed by atoms with Gasteiger partial charge in [-0.1, -0.05) is 6.07 Å². The van der Waals surface area contributed by atoms with Gasteiger partial charge in [0.15, 0.2) is 0 Å². The van der Waals surface area contributed by atoms with Gasteiger partial charge in [-0.25, -0.2) is 9.67 Å². The summed E-state index contributed by atoms with van der Waals surface area (Å²) in [6.45, 7) is 0.00413. The number of hydrogen-bond acceptors (Lipinski definition) is 4. The van der Waals surface area contributed by atoms with E-state index < -0.39 is 11.7 Å². The fourth-order valence-corrected chi connectivity index (χ4v) is 1.57. The van der Waals surface area contributed by atoms with Crippen molar-refractivity contribution in [3.63, 3.8) is 0 Å². The van der Waals surface area contributed by atoms with Gasteiger partial charge in [0.25, 0.3) is 5.82 Å². The molecule has 0 aliphatic rings. The average molecular weight is 267 g/mol. The zero-order chi connectivity index (χ0) is 14.0. The van der Waals surface area contributed by atoms with E-state index in [1.165, 1.54) is 12.1 Å². The third-order valence-corrected chi connectivity index (χ3v) is 2.44. The summed E-state index contributed by atoms with van der Waals surface area (Å²) in [5.74, 6) is -0.198. The second-order valence-corrected chi connectivity index (χ2v) is 3.68. The number of hydrogen-bond donors (Lipinski definition) is 1. The molecule has 0 aliphatic carbocycles. The van der Waals surface area contributed by atoms with Gasteiger partial charge in [-0.3, -0.25) is 0 Å². The van der Waals surface area contributed by atoms with Crippen LogP contribution in [-0.2, 0) is 12.7 Å². The molecule has 2 N–H and O–H groups in total. The second-order valence-electron chi connectivity index (χ2n) is 3.68. The van der Waals surface area contributed by atoms with Crippen LogP contribution in [0.5, 0.6) is 0 Å². The van der Waals surface area contributed by atoms with Crippen LogP contribution in [0.15, 0.2) is 24.5 Å². The van der Waals surface area contributed by atoms with Crippen molar-refractivity contribution in [2.24, 2.45) is 5.73 Å². The largest absolute Gasteiger partial charge is 0.418 e. The monoisotopic (exact) mass is 267 g/mol. The van der Waals surface area contributed by atoms with Gasteiger partial charge < -0.3 is 5.73 Å². The van der Waals surface area contributed by atoms with Crippen LogP contribution in [0.25, 0.3) is 5.69 Å². The summed E-state index contributed by atoms with van der Waals surface area (Å²) in [7, 11) is 0. The molecule has 0 spiro atoms. The molecule has 0 amide bonds. The predicted octanol–water partition coefficient (Wildman–Crippen LogP) is 1.62. The Bertz CT molecular complexity index is 639. The molecule has 1 aromatic heterocycles. The number of aromatic nitrogens is 3. The van der Waals surface area contributed by atoms with Crippen LogP contribution in [0.2, 0.25) is 0 Å². The maximum Gasteiger partial charge on any atom is 0.418 e. The van der Waals surface area contributed by atoms with Gasteiger partial charge in [-0.15, -0.1) is 5.10 Å². The third kappa shape index (κ3) is 2.56. The van der Waals surface area contributed by atoms with E-state index in [9.17, 15) is 13.2 Å². The molecule has 0 saturated heterocycles. The highest BCUT2D eigenvalue weighted by molar-refractivity contribution is 5.44. The van der Waals surface area contributed by atoms with E-state index in [1.807, 2.05) is 0 Å². The number of benzene rings is 1. The summed E-state index contributed by atoms with van der Waals surface area (Å²) in [6, 6.07) is 5.34. The molecule has 0 radical (unpaired) electrons. The van der Waals surface area contributed by atoms with Crippen LogP contribution < -0.4 is 5.73 Å². The van der Waals surface area contributed by atoms with Gasteiger partial charge in [0.05, 0.1) is 11.3 Å². The van der Waals surface area contributed by atoms with E-state index in [0.717, 1.165) is 17.1 Å². The van der Waals surface area contributed by atoms with E-state index in [4.69, 9.17) is 11.0 Å². The smallest absolute Gasteiger partial charge is 0.326 e. The first kappa shape index (κ1) is 13.0. The second kappa shape index (κ2) is 4.70. The van der Waals surface area contributed by atoms with Crippen LogP contribution in [0, 0.1) is 11.3 Å². The SMILES string of the molecule is N#Cc1ncn(-c2ccc(CN)cc2C(F)(F)F)n1. The molecule has 0 atom stereocenters. The Labute approximate surface area is 106 Å². The minimum atomic E-state index is -4.54. The number of nitrogens with zero attached hydrogens (tertiary/aromatic N) is 4. The molecule has 5 nitrogen and oxygen atoms in total. The lowest BCUT2D eigenvalue weighted by Gasteiger charge is -2.13. The molecule has 0 unspecified atom stereocenters. The van der Waals surface area contributed by atoms with Crippen molar-refractivity contribution >= 4 is 0 Å². The minimum Gasteiger partial charge on any atom is -0.326 e. The van der Waals surface area contributed by atoms with E-state index in [0.29, 0.717) is 5.56 Å². The summed E-state index contributed by atoms with van der Waals surface area (Å²) < 4.78 is 39.8. The Morgan fingerprint density at radius 1 is 1.37 bits per heavy atom. The molecule has 98 valence electrons. The molecule has 0 saturated carbocycles. The fourth-order valence-electron chi connectivity index (χ4n) is 1.57. The van der Waals surface area contributed by atoms with E-state index in [-0.39, 0.29) is 18.1 Å². The molecular weight excluding hydrogens is 259 g/mol. The Hall–Kier alpha value is -2.40. The molecule has 0 fully saturated rings. The zero-order valence-corrected chi connectivity index (χ0v) is 9.52. The maximum absolute atomic E-state index is 13.0. The van der Waals surface area contributed by atoms with Crippen molar-refractivity contribution in [2.75, 3.05) is 0 Å². The quantitative estimate of drug-likeness (QED) is 0.896. The van der Waals surface area contributed by atoms with E-state index in [2.05, 4.69) is 10.1 Å². The summed E-state index contributed by atoms with van der Waals surface area (Å²) in [5.41, 5.74) is 4.62. The summed E-state index contributed by atoms with van der Waals surface area (Å²) >= 11 is 0. The van der Waals surface area contributed by atoms with Crippen molar-refractivity contribution < 1.29 is 13.2 Å². The predicted molar refractivity (Wildman–Crippen MR) is 59.0 cm³/mol. The van der Waals surface area contributed by atoms with Gasteiger partial charge >= 0.3 is 6.18 Å². The highest BCUT2D eigenvalue weighted by Gasteiger charge is 2.34. The van der Waals surface area contributed by atoms with Crippen LogP contribution in [-0.4, -0.2) is 14.8 Å². The summed E-state index contributed by atoms with van der Waals surface area (Å²) in [6.07, 6.45) is -3.48. The van der Waals surface area contributed by atoms with Crippen LogP contribution in [0.1, 0.15) is 17.0 Å². The van der Waals surface area contributed by atoms with Gasteiger partial charge in [0.1, 0.15) is 12.4 Å². The molecule has 19 heavy (non-hydrogen) atoms. The van der Waals surface area contributed by atoms with Crippen molar-refractivity contribution in [3.8, 4) is 11.8 Å². The van der Waals surface area contributed by atoms with E-state index in [1.54, 1.807) is 6.07 Å². The van der Waals surface area contributed by atoms with Gasteiger partial charge in [0, 0.05) is 6.54 Å². The number of alkyl halides is 3. The fraction of sp³-hybridized carbons (Fsp3) is 0.182. The van der Waals surface area contributed by atoms with Crippen LogP contribution in [0.3, 0.4) is 0 Å². The first-order chi connectivity index (χ1) is 8.95. The molecule has 2 aromatic rings. The third-order valence-electron chi connectivity index (χ3n) is 2.44. The topological polar surface area (TPSA) is 80.5 Å². The molecule has 1 aromatic carbocycles. The number of halogens is 3. The molecule has 2 rings (SSSR count). The lowest BCUT2D eigenvalue weighted by Crippen LogP contribution is -2.12. The number of rotatable bonds is 2. The molecule has 0 bridgehead atoms. The molecule has 0 aliphatic heterocycles. The minimum absolute atomic E-state index is 0.00413. The van der Waals surface area contributed by atoms with Gasteiger partial charge in [-0.05, 0) is 17.7 Å². The lowest BCUT2D eigenvalue weighted by atomic mass is 10.1. The van der Waals surface area contributed by atoms with Crippen molar-refractivity contribution in [1.29, 1.82) is 5.26 Å². The first-order valence-corrected chi connectivity index (χ1v) is 5.18. The Morgan fingerprint density at radius 2 is 2.11 bits per heavy atom. The normalized spacial score (nSPS) is 11.3. The maximum atomic E-state index is 13.0. The van der Waals surface area contributed by atoms with Gasteiger partial charge in [-0.2, -0.15) is 18.4 Å². The highest BCUT2D eigenvalue weighted by Crippen LogP contribution is 2.34. The molecule has 1 heterocycles. The zero-order valence-electron chi connectivity index (χ0n) is 9.52. The Kier molecular flexibility index (Phi) is 3.23. The Balaban J connectivity index is 2.60. The van der Waals surface area contributed by atoms with Crippen molar-refractivity contribution in [3.05, 3.63) is 41.5 Å². The lowest BCUT2D eigenvalue weighted by molar-refractivity contribution is -0.137. The number of nitriles is 1. The molecule has 8 heteroatoms. The molecular formula is C11H8F3N5. The standard InChI is InChI=1S/C11H8F3N5/c12-11(13,14)8-3-7(4-15)1-2-9(8)19-6-17-10(5-16)18-19/h1-3,6H,4,15H2. The first-order valence-electron chi connectivity index (χ1n) is 5.18.